The monoisotopic (exact) mass is 314 g/mol. The van der Waals surface area contributed by atoms with Gasteiger partial charge in [-0.05, 0) is 18.1 Å². The van der Waals surface area contributed by atoms with Crippen LogP contribution in [0, 0.1) is 5.92 Å². The van der Waals surface area contributed by atoms with Gasteiger partial charge in [0.25, 0.3) is 5.91 Å². The van der Waals surface area contributed by atoms with E-state index in [4.69, 9.17) is 5.73 Å². The van der Waals surface area contributed by atoms with E-state index in [0.717, 1.165) is 42.7 Å². The molecule has 112 valence electrons. The van der Waals surface area contributed by atoms with Gasteiger partial charge in [0, 0.05) is 25.4 Å². The standard InChI is InChI=1S/C13H22N4OS2/c1-9(2)8-15-13-16-11(14)10(20-13)12(18)17-4-3-6-19-7-5-17/h9H,3-8,14H2,1-2H3,(H,15,16). The lowest BCUT2D eigenvalue weighted by Crippen LogP contribution is -2.32. The van der Waals surface area contributed by atoms with Crippen LogP contribution in [0.25, 0.3) is 0 Å². The third-order valence-electron chi connectivity index (χ3n) is 3.02. The van der Waals surface area contributed by atoms with Crippen LogP contribution < -0.4 is 11.1 Å². The molecular weight excluding hydrogens is 292 g/mol. The van der Waals surface area contributed by atoms with Gasteiger partial charge in [0.2, 0.25) is 0 Å². The maximum absolute atomic E-state index is 12.5. The Morgan fingerprint density at radius 1 is 1.45 bits per heavy atom. The number of carbonyl (C=O) groups excluding carboxylic acids is 1. The highest BCUT2D eigenvalue weighted by Crippen LogP contribution is 2.27. The Labute approximate surface area is 128 Å². The van der Waals surface area contributed by atoms with Gasteiger partial charge >= 0.3 is 0 Å². The summed E-state index contributed by atoms with van der Waals surface area (Å²) in [5, 5.41) is 3.97. The fourth-order valence-electron chi connectivity index (χ4n) is 1.94. The molecule has 7 heteroatoms. The van der Waals surface area contributed by atoms with Gasteiger partial charge in [-0.25, -0.2) is 4.98 Å². The van der Waals surface area contributed by atoms with Gasteiger partial charge in [0.05, 0.1) is 0 Å². The molecule has 0 spiro atoms. The molecule has 3 N–H and O–H groups in total. The molecule has 5 nitrogen and oxygen atoms in total. The molecule has 0 radical (unpaired) electrons. The number of anilines is 2. The van der Waals surface area contributed by atoms with Gasteiger partial charge in [-0.3, -0.25) is 4.79 Å². The minimum absolute atomic E-state index is 0.0279. The van der Waals surface area contributed by atoms with Crippen molar-refractivity contribution >= 4 is 40.0 Å². The number of nitrogen functional groups attached to an aromatic ring is 1. The summed E-state index contributed by atoms with van der Waals surface area (Å²) in [6.45, 7) is 6.71. The van der Waals surface area contributed by atoms with Crippen molar-refractivity contribution in [2.75, 3.05) is 42.2 Å². The number of thiazole rings is 1. The first-order valence-corrected chi connectivity index (χ1v) is 8.92. The molecule has 0 saturated carbocycles. The summed E-state index contributed by atoms with van der Waals surface area (Å²) in [7, 11) is 0. The summed E-state index contributed by atoms with van der Waals surface area (Å²) in [4.78, 5) is 19.2. The predicted molar refractivity (Wildman–Crippen MR) is 87.7 cm³/mol. The van der Waals surface area contributed by atoms with Gasteiger partial charge in [-0.15, -0.1) is 0 Å². The van der Waals surface area contributed by atoms with Crippen molar-refractivity contribution in [3.8, 4) is 0 Å². The highest BCUT2D eigenvalue weighted by molar-refractivity contribution is 7.99. The van der Waals surface area contributed by atoms with E-state index >= 15 is 0 Å². The molecule has 2 rings (SSSR count). The molecule has 1 aromatic rings. The third-order valence-corrected chi connectivity index (χ3v) is 5.08. The van der Waals surface area contributed by atoms with E-state index in [-0.39, 0.29) is 5.91 Å². The molecule has 0 aliphatic carbocycles. The number of aromatic nitrogens is 1. The number of carbonyl (C=O) groups is 1. The molecule has 0 bridgehead atoms. The minimum atomic E-state index is 0.0279. The Balaban J connectivity index is 2.05. The maximum atomic E-state index is 12.5. The van der Waals surface area contributed by atoms with Crippen LogP contribution in [0.4, 0.5) is 10.9 Å². The number of nitrogens with one attached hydrogen (secondary N) is 1. The Kier molecular flexibility index (Phi) is 5.54. The summed E-state index contributed by atoms with van der Waals surface area (Å²) in [6.07, 6.45) is 1.05. The van der Waals surface area contributed by atoms with Gasteiger partial charge in [0.1, 0.15) is 10.7 Å². The molecule has 1 aliphatic rings. The molecule has 20 heavy (non-hydrogen) atoms. The van der Waals surface area contributed by atoms with Crippen molar-refractivity contribution in [3.63, 3.8) is 0 Å². The van der Waals surface area contributed by atoms with Crippen LogP contribution in [0.15, 0.2) is 0 Å². The highest BCUT2D eigenvalue weighted by Gasteiger charge is 2.23. The first-order valence-electron chi connectivity index (χ1n) is 6.95. The van der Waals surface area contributed by atoms with E-state index in [9.17, 15) is 4.79 Å². The van der Waals surface area contributed by atoms with Crippen LogP contribution in [-0.4, -0.2) is 46.9 Å². The molecule has 1 amide bonds. The molecule has 1 aliphatic heterocycles. The smallest absolute Gasteiger partial charge is 0.267 e. The van der Waals surface area contributed by atoms with Gasteiger partial charge in [-0.2, -0.15) is 11.8 Å². The fourth-order valence-corrected chi connectivity index (χ4v) is 3.69. The lowest BCUT2D eigenvalue weighted by Gasteiger charge is -2.18. The van der Waals surface area contributed by atoms with E-state index in [1.165, 1.54) is 11.3 Å². The zero-order chi connectivity index (χ0) is 14.5. The van der Waals surface area contributed by atoms with Crippen molar-refractivity contribution in [3.05, 3.63) is 4.88 Å². The minimum Gasteiger partial charge on any atom is -0.382 e. The van der Waals surface area contributed by atoms with Crippen molar-refractivity contribution < 1.29 is 4.79 Å². The van der Waals surface area contributed by atoms with Gasteiger partial charge < -0.3 is 16.0 Å². The van der Waals surface area contributed by atoms with Crippen LogP contribution in [-0.2, 0) is 0 Å². The lowest BCUT2D eigenvalue weighted by molar-refractivity contribution is 0.0774. The van der Waals surface area contributed by atoms with Crippen molar-refractivity contribution in [1.82, 2.24) is 9.88 Å². The highest BCUT2D eigenvalue weighted by atomic mass is 32.2. The van der Waals surface area contributed by atoms with Crippen LogP contribution in [0.3, 0.4) is 0 Å². The Morgan fingerprint density at radius 3 is 3.00 bits per heavy atom. The summed E-state index contributed by atoms with van der Waals surface area (Å²) in [5.74, 6) is 3.04. The molecule has 2 heterocycles. The number of rotatable bonds is 4. The summed E-state index contributed by atoms with van der Waals surface area (Å²) in [6, 6.07) is 0. The van der Waals surface area contributed by atoms with E-state index in [0.29, 0.717) is 16.6 Å². The second-order valence-electron chi connectivity index (χ2n) is 5.27. The summed E-state index contributed by atoms with van der Waals surface area (Å²) >= 11 is 3.27. The number of nitrogens with two attached hydrogens (primary N) is 1. The van der Waals surface area contributed by atoms with Crippen molar-refractivity contribution in [1.29, 1.82) is 0 Å². The third kappa shape index (κ3) is 4.02. The topological polar surface area (TPSA) is 71.2 Å². The van der Waals surface area contributed by atoms with Gasteiger partial charge in [0.15, 0.2) is 5.13 Å². The number of nitrogens with zero attached hydrogens (tertiary/aromatic N) is 2. The lowest BCUT2D eigenvalue weighted by atomic mass is 10.2. The molecule has 0 aromatic carbocycles. The van der Waals surface area contributed by atoms with E-state index < -0.39 is 0 Å². The quantitative estimate of drug-likeness (QED) is 0.893. The second-order valence-corrected chi connectivity index (χ2v) is 7.49. The van der Waals surface area contributed by atoms with E-state index in [2.05, 4.69) is 24.1 Å². The van der Waals surface area contributed by atoms with E-state index in [1.807, 2.05) is 16.7 Å². The van der Waals surface area contributed by atoms with Crippen molar-refractivity contribution in [2.24, 2.45) is 5.92 Å². The first-order chi connectivity index (χ1) is 9.58. The summed E-state index contributed by atoms with van der Waals surface area (Å²) < 4.78 is 0. The average Bonchev–Trinajstić information content (AvgIpc) is 2.63. The van der Waals surface area contributed by atoms with Crippen LogP contribution in [0.5, 0.6) is 0 Å². The molecule has 0 atom stereocenters. The predicted octanol–water partition coefficient (Wildman–Crippen LogP) is 2.37. The molecule has 1 aromatic heterocycles. The molecule has 1 saturated heterocycles. The first kappa shape index (κ1) is 15.4. The fraction of sp³-hybridized carbons (Fsp3) is 0.692. The Hall–Kier alpha value is -0.950. The zero-order valence-corrected chi connectivity index (χ0v) is 13.6. The largest absolute Gasteiger partial charge is 0.382 e. The summed E-state index contributed by atoms with van der Waals surface area (Å²) in [5.41, 5.74) is 5.90. The average molecular weight is 314 g/mol. The molecular formula is C13H22N4OS2. The van der Waals surface area contributed by atoms with Crippen LogP contribution in [0.1, 0.15) is 29.9 Å². The van der Waals surface area contributed by atoms with Crippen LogP contribution >= 0.6 is 23.1 Å². The van der Waals surface area contributed by atoms with Crippen molar-refractivity contribution in [2.45, 2.75) is 20.3 Å². The number of thioether (sulfide) groups is 1. The molecule has 1 fully saturated rings. The second kappa shape index (κ2) is 7.17. The SMILES string of the molecule is CC(C)CNc1nc(N)c(C(=O)N2CCCSCC2)s1. The number of hydrogen-bond donors (Lipinski definition) is 2. The molecule has 0 unspecified atom stereocenters. The maximum Gasteiger partial charge on any atom is 0.267 e. The number of amides is 1. The normalized spacial score (nSPS) is 16.2. The van der Waals surface area contributed by atoms with E-state index in [1.54, 1.807) is 0 Å². The van der Waals surface area contributed by atoms with Gasteiger partial charge in [-0.1, -0.05) is 25.2 Å². The Bertz CT molecular complexity index is 453. The van der Waals surface area contributed by atoms with Crippen LogP contribution in [0.2, 0.25) is 0 Å². The number of hydrogen-bond acceptors (Lipinski definition) is 6. The Morgan fingerprint density at radius 2 is 2.25 bits per heavy atom. The zero-order valence-electron chi connectivity index (χ0n) is 12.0.